The highest BCUT2D eigenvalue weighted by molar-refractivity contribution is 9.10. The van der Waals surface area contributed by atoms with Gasteiger partial charge in [-0.1, -0.05) is 108 Å². The number of hydrogen-bond acceptors (Lipinski definition) is 4. The van der Waals surface area contributed by atoms with Crippen LogP contribution in [0.3, 0.4) is 0 Å². The topological polar surface area (TPSA) is 86.8 Å². The van der Waals surface area contributed by atoms with Gasteiger partial charge in [0.15, 0.2) is 0 Å². The van der Waals surface area contributed by atoms with Crippen molar-refractivity contribution in [1.82, 2.24) is 10.2 Å². The van der Waals surface area contributed by atoms with Crippen molar-refractivity contribution in [3.63, 3.8) is 0 Å². The van der Waals surface area contributed by atoms with E-state index in [4.69, 9.17) is 0 Å². The maximum Gasteiger partial charge on any atom is 0.264 e. The second-order valence-electron chi connectivity index (χ2n) is 11.5. The number of rotatable bonds is 12. The van der Waals surface area contributed by atoms with Crippen molar-refractivity contribution >= 4 is 43.5 Å². The summed E-state index contributed by atoms with van der Waals surface area (Å²) in [4.78, 5) is 30.3. The van der Waals surface area contributed by atoms with Crippen LogP contribution < -0.4 is 9.62 Å². The Morgan fingerprint density at radius 3 is 2.13 bits per heavy atom. The van der Waals surface area contributed by atoms with Crippen molar-refractivity contribution in [2.24, 2.45) is 0 Å². The number of nitrogens with one attached hydrogen (secondary N) is 1. The summed E-state index contributed by atoms with van der Waals surface area (Å²) >= 11 is 3.53. The monoisotopic (exact) mass is 687 g/mol. The Bertz CT molecular complexity index is 1710. The molecule has 1 saturated carbocycles. The van der Waals surface area contributed by atoms with Crippen LogP contribution in [0, 0.1) is 6.92 Å². The number of nitrogens with zero attached hydrogens (tertiary/aromatic N) is 2. The van der Waals surface area contributed by atoms with E-state index in [2.05, 4.69) is 21.2 Å². The molecule has 2 amide bonds. The fraction of sp³-hybridized carbons (Fsp3) is 0.278. The number of aryl methyl sites for hydroxylation is 1. The van der Waals surface area contributed by atoms with Gasteiger partial charge in [-0.05, 0) is 66.8 Å². The zero-order chi connectivity index (χ0) is 31.8. The third-order valence-electron chi connectivity index (χ3n) is 8.21. The minimum Gasteiger partial charge on any atom is -0.352 e. The summed E-state index contributed by atoms with van der Waals surface area (Å²) in [5.41, 5.74) is 2.84. The number of amides is 2. The molecule has 0 radical (unpaired) electrons. The van der Waals surface area contributed by atoms with Crippen LogP contribution in [0.25, 0.3) is 0 Å². The number of benzene rings is 4. The lowest BCUT2D eigenvalue weighted by Crippen LogP contribution is -2.54. The van der Waals surface area contributed by atoms with Crippen LogP contribution >= 0.6 is 15.9 Å². The molecule has 5 rings (SSSR count). The zero-order valence-corrected chi connectivity index (χ0v) is 27.7. The number of anilines is 1. The molecule has 0 heterocycles. The average Bonchev–Trinajstić information content (AvgIpc) is 3.56. The maximum atomic E-state index is 14.6. The number of carbonyl (C=O) groups excluding carboxylic acids is 2. The summed E-state index contributed by atoms with van der Waals surface area (Å²) in [6.07, 6.45) is 4.20. The van der Waals surface area contributed by atoms with E-state index in [0.717, 1.165) is 41.3 Å². The van der Waals surface area contributed by atoms with Gasteiger partial charge in [-0.15, -0.1) is 0 Å². The van der Waals surface area contributed by atoms with Gasteiger partial charge in [0.2, 0.25) is 11.8 Å². The standard InChI is InChI=1S/C36H38BrN3O4S/c1-27-13-8-11-22-33(27)40(45(43,44)32-20-6-3-7-21-32)26-35(41)39(25-29-16-12-17-30(37)23-29)34(24-28-14-4-2-5-15-28)36(42)38-31-18-9-10-19-31/h2-8,11-17,20-23,31,34H,9-10,18-19,24-26H2,1H3,(H,38,42). The summed E-state index contributed by atoms with van der Waals surface area (Å²) in [6.45, 7) is 1.47. The minimum absolute atomic E-state index is 0.0560. The van der Waals surface area contributed by atoms with Gasteiger partial charge in [0, 0.05) is 23.5 Å². The molecule has 1 N–H and O–H groups in total. The summed E-state index contributed by atoms with van der Waals surface area (Å²) in [5.74, 6) is -0.706. The lowest BCUT2D eigenvalue weighted by atomic mass is 10.0. The van der Waals surface area contributed by atoms with Gasteiger partial charge >= 0.3 is 0 Å². The fourth-order valence-corrected chi connectivity index (χ4v) is 7.78. The summed E-state index contributed by atoms with van der Waals surface area (Å²) < 4.78 is 30.3. The Labute approximate surface area is 274 Å². The number of hydrogen-bond donors (Lipinski definition) is 1. The van der Waals surface area contributed by atoms with Crippen molar-refractivity contribution in [3.8, 4) is 0 Å². The van der Waals surface area contributed by atoms with Crippen molar-refractivity contribution in [2.45, 2.75) is 62.6 Å². The molecule has 9 heteroatoms. The molecule has 234 valence electrons. The van der Waals surface area contributed by atoms with E-state index in [0.29, 0.717) is 11.3 Å². The maximum absolute atomic E-state index is 14.6. The first kappa shape index (κ1) is 32.4. The van der Waals surface area contributed by atoms with Gasteiger partial charge in [-0.25, -0.2) is 8.42 Å². The quantitative estimate of drug-likeness (QED) is 0.181. The SMILES string of the molecule is Cc1ccccc1N(CC(=O)N(Cc1cccc(Br)c1)C(Cc1ccccc1)C(=O)NC1CCCC1)S(=O)(=O)c1ccccc1. The van der Waals surface area contributed by atoms with Gasteiger partial charge < -0.3 is 10.2 Å². The first-order valence-electron chi connectivity index (χ1n) is 15.2. The van der Waals surface area contributed by atoms with Crippen LogP contribution in [0.5, 0.6) is 0 Å². The molecule has 45 heavy (non-hydrogen) atoms. The van der Waals surface area contributed by atoms with Gasteiger partial charge in [0.1, 0.15) is 12.6 Å². The summed E-state index contributed by atoms with van der Waals surface area (Å²) in [7, 11) is -4.13. The highest BCUT2D eigenvalue weighted by Gasteiger charge is 2.35. The molecule has 7 nitrogen and oxygen atoms in total. The Morgan fingerprint density at radius 1 is 0.844 bits per heavy atom. The molecular formula is C36H38BrN3O4S. The van der Waals surface area contributed by atoms with Crippen LogP contribution in [-0.2, 0) is 32.6 Å². The molecule has 0 aliphatic heterocycles. The van der Waals surface area contributed by atoms with E-state index >= 15 is 0 Å². The molecular weight excluding hydrogens is 650 g/mol. The van der Waals surface area contributed by atoms with E-state index in [1.807, 2.05) is 73.7 Å². The lowest BCUT2D eigenvalue weighted by Gasteiger charge is -2.34. The molecule has 4 aromatic rings. The minimum atomic E-state index is -4.13. The van der Waals surface area contributed by atoms with E-state index < -0.39 is 28.5 Å². The molecule has 0 saturated heterocycles. The largest absolute Gasteiger partial charge is 0.352 e. The van der Waals surface area contributed by atoms with Crippen LogP contribution in [0.2, 0.25) is 0 Å². The molecule has 1 fully saturated rings. The van der Waals surface area contributed by atoms with Crippen molar-refractivity contribution in [3.05, 3.63) is 130 Å². The molecule has 1 aliphatic carbocycles. The molecule has 4 aromatic carbocycles. The number of halogens is 1. The Hall–Kier alpha value is -3.95. The van der Waals surface area contributed by atoms with Gasteiger partial charge in [0.25, 0.3) is 10.0 Å². The van der Waals surface area contributed by atoms with Crippen LogP contribution in [-0.4, -0.2) is 43.8 Å². The van der Waals surface area contributed by atoms with Crippen molar-refractivity contribution < 1.29 is 18.0 Å². The van der Waals surface area contributed by atoms with Crippen LogP contribution in [0.15, 0.2) is 119 Å². The van der Waals surface area contributed by atoms with Crippen molar-refractivity contribution in [1.29, 1.82) is 0 Å². The number of para-hydroxylation sites is 1. The predicted octanol–water partition coefficient (Wildman–Crippen LogP) is 6.65. The van der Waals surface area contributed by atoms with E-state index in [1.165, 1.54) is 16.4 Å². The Morgan fingerprint density at radius 2 is 1.47 bits per heavy atom. The zero-order valence-electron chi connectivity index (χ0n) is 25.3. The fourth-order valence-electron chi connectivity index (χ4n) is 5.83. The first-order chi connectivity index (χ1) is 21.7. The second-order valence-corrected chi connectivity index (χ2v) is 14.2. The lowest BCUT2D eigenvalue weighted by molar-refractivity contribution is -0.140. The predicted molar refractivity (Wildman–Crippen MR) is 181 cm³/mol. The van der Waals surface area contributed by atoms with E-state index in [1.54, 1.807) is 35.2 Å². The normalized spacial score (nSPS) is 14.1. The molecule has 0 spiro atoms. The van der Waals surface area contributed by atoms with Gasteiger partial charge in [-0.2, -0.15) is 0 Å². The van der Waals surface area contributed by atoms with Crippen molar-refractivity contribution in [2.75, 3.05) is 10.8 Å². The summed E-state index contributed by atoms with van der Waals surface area (Å²) in [5, 5.41) is 3.21. The molecule has 1 unspecified atom stereocenters. The third-order valence-corrected chi connectivity index (χ3v) is 10.5. The Balaban J connectivity index is 1.57. The van der Waals surface area contributed by atoms with Gasteiger partial charge in [-0.3, -0.25) is 13.9 Å². The van der Waals surface area contributed by atoms with Crippen LogP contribution in [0.1, 0.15) is 42.4 Å². The number of carbonyl (C=O) groups is 2. The second kappa shape index (κ2) is 14.9. The summed E-state index contributed by atoms with van der Waals surface area (Å²) in [6, 6.07) is 31.6. The number of sulfonamides is 1. The average molecular weight is 689 g/mol. The highest BCUT2D eigenvalue weighted by Crippen LogP contribution is 2.28. The third kappa shape index (κ3) is 8.21. The first-order valence-corrected chi connectivity index (χ1v) is 17.5. The van der Waals surface area contributed by atoms with E-state index in [-0.39, 0.29) is 29.8 Å². The molecule has 0 aromatic heterocycles. The molecule has 0 bridgehead atoms. The smallest absolute Gasteiger partial charge is 0.264 e. The Kier molecular flexibility index (Phi) is 10.7. The highest BCUT2D eigenvalue weighted by atomic mass is 79.9. The van der Waals surface area contributed by atoms with E-state index in [9.17, 15) is 18.0 Å². The van der Waals surface area contributed by atoms with Crippen LogP contribution in [0.4, 0.5) is 5.69 Å². The molecule has 1 atom stereocenters. The van der Waals surface area contributed by atoms with Gasteiger partial charge in [0.05, 0.1) is 10.6 Å². The molecule has 1 aliphatic rings.